The standard InChI is InChI=1S/C14H15NO3S/c15-13-3-1-2-12(8-13)14(16)11-6-4-10(5-7-11)9-19(17)18/h1-8,14,16,19H,9,15H2. The van der Waals surface area contributed by atoms with Gasteiger partial charge in [-0.1, -0.05) is 36.4 Å². The molecule has 1 atom stereocenters. The van der Waals surface area contributed by atoms with Crippen molar-refractivity contribution >= 4 is 16.4 Å². The Labute approximate surface area is 113 Å². The van der Waals surface area contributed by atoms with Crippen molar-refractivity contribution in [3.63, 3.8) is 0 Å². The van der Waals surface area contributed by atoms with Gasteiger partial charge in [0.25, 0.3) is 0 Å². The number of hydrogen-bond acceptors (Lipinski definition) is 4. The van der Waals surface area contributed by atoms with E-state index in [1.165, 1.54) is 0 Å². The highest BCUT2D eigenvalue weighted by molar-refractivity contribution is 7.71. The number of thiol groups is 1. The number of benzene rings is 2. The Hall–Kier alpha value is -1.85. The first kappa shape index (κ1) is 13.6. The van der Waals surface area contributed by atoms with Crippen LogP contribution in [0.2, 0.25) is 0 Å². The van der Waals surface area contributed by atoms with Crippen LogP contribution in [0.1, 0.15) is 22.8 Å². The van der Waals surface area contributed by atoms with Gasteiger partial charge >= 0.3 is 0 Å². The lowest BCUT2D eigenvalue weighted by Crippen LogP contribution is -2.00. The third-order valence-electron chi connectivity index (χ3n) is 2.83. The summed E-state index contributed by atoms with van der Waals surface area (Å²) in [6, 6.07) is 13.9. The molecule has 0 aliphatic carbocycles. The van der Waals surface area contributed by atoms with Gasteiger partial charge in [0.2, 0.25) is 0 Å². The van der Waals surface area contributed by atoms with Crippen molar-refractivity contribution in [2.24, 2.45) is 0 Å². The van der Waals surface area contributed by atoms with Crippen molar-refractivity contribution in [1.82, 2.24) is 0 Å². The van der Waals surface area contributed by atoms with Crippen LogP contribution < -0.4 is 5.73 Å². The number of anilines is 1. The first-order chi connectivity index (χ1) is 9.06. The second-order valence-electron chi connectivity index (χ2n) is 4.31. The van der Waals surface area contributed by atoms with E-state index < -0.39 is 16.8 Å². The quantitative estimate of drug-likeness (QED) is 0.584. The van der Waals surface area contributed by atoms with Gasteiger partial charge in [-0.3, -0.25) is 0 Å². The number of aliphatic hydroxyl groups is 1. The highest BCUT2D eigenvalue weighted by Crippen LogP contribution is 2.23. The van der Waals surface area contributed by atoms with Gasteiger partial charge in [0.15, 0.2) is 0 Å². The average Bonchev–Trinajstić information content (AvgIpc) is 2.38. The minimum Gasteiger partial charge on any atom is -0.399 e. The average molecular weight is 277 g/mol. The van der Waals surface area contributed by atoms with E-state index in [1.54, 1.807) is 48.5 Å². The highest BCUT2D eigenvalue weighted by atomic mass is 32.2. The lowest BCUT2D eigenvalue weighted by molar-refractivity contribution is 0.220. The lowest BCUT2D eigenvalue weighted by Gasteiger charge is -2.12. The molecule has 2 rings (SSSR count). The third-order valence-corrected chi connectivity index (χ3v) is 3.46. The van der Waals surface area contributed by atoms with E-state index in [9.17, 15) is 13.5 Å². The molecule has 1 unspecified atom stereocenters. The van der Waals surface area contributed by atoms with Crippen molar-refractivity contribution in [2.45, 2.75) is 11.9 Å². The first-order valence-electron chi connectivity index (χ1n) is 5.80. The lowest BCUT2D eigenvalue weighted by atomic mass is 10.0. The summed E-state index contributed by atoms with van der Waals surface area (Å²) in [6.45, 7) is 0. The van der Waals surface area contributed by atoms with Gasteiger partial charge in [0.1, 0.15) is 16.8 Å². The van der Waals surface area contributed by atoms with Gasteiger partial charge in [0.05, 0.1) is 5.75 Å². The molecule has 0 heterocycles. The fourth-order valence-corrected chi connectivity index (χ4v) is 2.38. The van der Waals surface area contributed by atoms with Gasteiger partial charge < -0.3 is 10.8 Å². The minimum absolute atomic E-state index is 0.0179. The Morgan fingerprint density at radius 1 is 1.05 bits per heavy atom. The summed E-state index contributed by atoms with van der Waals surface area (Å²) in [7, 11) is -2.43. The molecule has 5 heteroatoms. The summed E-state index contributed by atoms with van der Waals surface area (Å²) >= 11 is 0. The zero-order chi connectivity index (χ0) is 13.8. The number of aliphatic hydroxyl groups excluding tert-OH is 1. The van der Waals surface area contributed by atoms with Crippen molar-refractivity contribution in [3.05, 3.63) is 65.2 Å². The second-order valence-corrected chi connectivity index (χ2v) is 5.29. The highest BCUT2D eigenvalue weighted by Gasteiger charge is 2.10. The largest absolute Gasteiger partial charge is 0.399 e. The van der Waals surface area contributed by atoms with Crippen molar-refractivity contribution < 1.29 is 13.5 Å². The Morgan fingerprint density at radius 3 is 2.32 bits per heavy atom. The van der Waals surface area contributed by atoms with Crippen LogP contribution >= 0.6 is 0 Å². The van der Waals surface area contributed by atoms with Gasteiger partial charge in [-0.05, 0) is 28.8 Å². The zero-order valence-corrected chi connectivity index (χ0v) is 11.1. The predicted octanol–water partition coefficient (Wildman–Crippen LogP) is 1.46. The number of nitrogen functional groups attached to an aromatic ring is 1. The predicted molar refractivity (Wildman–Crippen MR) is 75.4 cm³/mol. The Balaban J connectivity index is 2.22. The number of hydrogen-bond donors (Lipinski definition) is 3. The molecule has 2 aromatic carbocycles. The number of rotatable bonds is 4. The molecule has 2 aromatic rings. The molecule has 4 nitrogen and oxygen atoms in total. The summed E-state index contributed by atoms with van der Waals surface area (Å²) in [4.78, 5) is 0. The summed E-state index contributed by atoms with van der Waals surface area (Å²) in [5.41, 5.74) is 8.39. The van der Waals surface area contributed by atoms with Gasteiger partial charge in [-0.15, -0.1) is 0 Å². The molecule has 0 spiro atoms. The Morgan fingerprint density at radius 2 is 1.74 bits per heavy atom. The van der Waals surface area contributed by atoms with Crippen LogP contribution in [0.25, 0.3) is 0 Å². The molecule has 0 aliphatic rings. The van der Waals surface area contributed by atoms with E-state index in [0.717, 1.165) is 0 Å². The molecule has 0 saturated heterocycles. The Bertz CT molecular complexity index is 627. The van der Waals surface area contributed by atoms with Gasteiger partial charge in [-0.2, -0.15) is 0 Å². The minimum atomic E-state index is -2.43. The second kappa shape index (κ2) is 5.86. The van der Waals surface area contributed by atoms with E-state index in [-0.39, 0.29) is 5.75 Å². The molecule has 3 N–H and O–H groups in total. The van der Waals surface area contributed by atoms with Crippen LogP contribution in [0.5, 0.6) is 0 Å². The summed E-state index contributed by atoms with van der Waals surface area (Å²) < 4.78 is 21.2. The smallest absolute Gasteiger partial charge is 0.144 e. The summed E-state index contributed by atoms with van der Waals surface area (Å²) in [6.07, 6.45) is -0.765. The Kier molecular flexibility index (Phi) is 4.19. The van der Waals surface area contributed by atoms with Crippen LogP contribution in [-0.2, 0) is 16.5 Å². The van der Waals surface area contributed by atoms with Crippen molar-refractivity contribution in [1.29, 1.82) is 0 Å². The monoisotopic (exact) mass is 277 g/mol. The van der Waals surface area contributed by atoms with Crippen LogP contribution in [0.15, 0.2) is 48.5 Å². The van der Waals surface area contributed by atoms with Crippen LogP contribution in [0.3, 0.4) is 0 Å². The molecule has 0 bridgehead atoms. The van der Waals surface area contributed by atoms with E-state index in [0.29, 0.717) is 22.4 Å². The third kappa shape index (κ3) is 3.56. The van der Waals surface area contributed by atoms with Crippen LogP contribution in [0.4, 0.5) is 5.69 Å². The molecular weight excluding hydrogens is 262 g/mol. The van der Waals surface area contributed by atoms with Gasteiger partial charge in [0, 0.05) is 5.69 Å². The maximum Gasteiger partial charge on any atom is 0.144 e. The first-order valence-corrected chi connectivity index (χ1v) is 7.16. The van der Waals surface area contributed by atoms with E-state index in [1.807, 2.05) is 0 Å². The number of nitrogens with two attached hydrogens (primary N) is 1. The molecule has 0 saturated carbocycles. The molecule has 0 fully saturated rings. The van der Waals surface area contributed by atoms with Crippen molar-refractivity contribution in [2.75, 3.05) is 5.73 Å². The van der Waals surface area contributed by atoms with Gasteiger partial charge in [-0.25, -0.2) is 8.42 Å². The zero-order valence-electron chi connectivity index (χ0n) is 10.2. The maximum absolute atomic E-state index is 10.6. The molecule has 0 aromatic heterocycles. The summed E-state index contributed by atoms with van der Waals surface area (Å²) in [5, 5.41) is 10.2. The molecule has 0 amide bonds. The van der Waals surface area contributed by atoms with E-state index in [4.69, 9.17) is 5.73 Å². The fourth-order valence-electron chi connectivity index (χ4n) is 1.88. The van der Waals surface area contributed by atoms with Crippen LogP contribution in [0, 0.1) is 0 Å². The van der Waals surface area contributed by atoms with E-state index >= 15 is 0 Å². The van der Waals surface area contributed by atoms with E-state index in [2.05, 4.69) is 0 Å². The van der Waals surface area contributed by atoms with Crippen molar-refractivity contribution in [3.8, 4) is 0 Å². The SMILES string of the molecule is Nc1cccc(C(O)c2ccc(C[SH](=O)=O)cc2)c1. The maximum atomic E-state index is 10.6. The fraction of sp³-hybridized carbons (Fsp3) is 0.143. The molecule has 19 heavy (non-hydrogen) atoms. The topological polar surface area (TPSA) is 80.4 Å². The normalized spacial score (nSPS) is 12.5. The molecular formula is C14H15NO3S. The molecule has 0 aliphatic heterocycles. The molecule has 0 radical (unpaired) electrons. The van der Waals surface area contributed by atoms with Crippen LogP contribution in [-0.4, -0.2) is 13.5 Å². The molecule has 100 valence electrons. The summed E-state index contributed by atoms with van der Waals surface area (Å²) in [5.74, 6) is 0.0179.